The van der Waals surface area contributed by atoms with Crippen LogP contribution < -0.4 is 10.1 Å². The standard InChI is InChI=1S/C21H21N3O3S/c1-13-8-11-17(26-2)16(12-13)22-19(25)18(14-6-4-3-5-7-14)28-21-24-23-20(27-21)15-9-10-15/h3-8,11-12,15,18H,9-10H2,1-2H3,(H,22,25)/t18-/m1/s1. The molecule has 0 unspecified atom stereocenters. The fourth-order valence-corrected chi connectivity index (χ4v) is 3.76. The average molecular weight is 395 g/mol. The number of methoxy groups -OCH3 is 1. The van der Waals surface area contributed by atoms with Crippen LogP contribution in [0.25, 0.3) is 0 Å². The Hall–Kier alpha value is -2.80. The van der Waals surface area contributed by atoms with Crippen molar-refractivity contribution in [2.45, 2.75) is 36.2 Å². The molecule has 1 aromatic heterocycles. The number of carbonyl (C=O) groups is 1. The Balaban J connectivity index is 1.59. The highest BCUT2D eigenvalue weighted by molar-refractivity contribution is 8.00. The van der Waals surface area contributed by atoms with Gasteiger partial charge in [-0.3, -0.25) is 4.79 Å². The third-order valence-electron chi connectivity index (χ3n) is 4.52. The van der Waals surface area contributed by atoms with Crippen LogP contribution in [0.4, 0.5) is 5.69 Å². The molecule has 28 heavy (non-hydrogen) atoms. The molecule has 1 heterocycles. The van der Waals surface area contributed by atoms with Crippen LogP contribution >= 0.6 is 11.8 Å². The molecule has 144 valence electrons. The van der Waals surface area contributed by atoms with E-state index in [0.29, 0.717) is 28.5 Å². The van der Waals surface area contributed by atoms with E-state index in [9.17, 15) is 4.79 Å². The number of nitrogens with one attached hydrogen (secondary N) is 1. The second kappa shape index (κ2) is 8.06. The third-order valence-corrected chi connectivity index (χ3v) is 5.61. The van der Waals surface area contributed by atoms with E-state index in [4.69, 9.17) is 9.15 Å². The minimum atomic E-state index is -0.529. The SMILES string of the molecule is COc1ccc(C)cc1NC(=O)[C@H](Sc1nnc(C2CC2)o1)c1ccccc1. The summed E-state index contributed by atoms with van der Waals surface area (Å²) in [5.41, 5.74) is 2.53. The van der Waals surface area contributed by atoms with Crippen LogP contribution in [0.1, 0.15) is 41.0 Å². The first kappa shape index (κ1) is 18.6. The van der Waals surface area contributed by atoms with E-state index in [1.165, 1.54) is 11.8 Å². The van der Waals surface area contributed by atoms with Gasteiger partial charge in [0.25, 0.3) is 5.22 Å². The van der Waals surface area contributed by atoms with E-state index < -0.39 is 5.25 Å². The Bertz CT molecular complexity index is 970. The molecule has 1 aliphatic rings. The Morgan fingerprint density at radius 2 is 2.00 bits per heavy atom. The van der Waals surface area contributed by atoms with E-state index in [1.54, 1.807) is 7.11 Å². The maximum atomic E-state index is 13.2. The monoisotopic (exact) mass is 395 g/mol. The minimum absolute atomic E-state index is 0.175. The van der Waals surface area contributed by atoms with E-state index in [0.717, 1.165) is 24.0 Å². The van der Waals surface area contributed by atoms with Gasteiger partial charge in [0, 0.05) is 5.92 Å². The molecule has 1 N–H and O–H groups in total. The van der Waals surface area contributed by atoms with Gasteiger partial charge in [-0.2, -0.15) is 0 Å². The van der Waals surface area contributed by atoms with E-state index >= 15 is 0 Å². The molecule has 0 bridgehead atoms. The summed E-state index contributed by atoms with van der Waals surface area (Å²) in [4.78, 5) is 13.2. The lowest BCUT2D eigenvalue weighted by atomic mass is 10.1. The lowest BCUT2D eigenvalue weighted by molar-refractivity contribution is -0.115. The summed E-state index contributed by atoms with van der Waals surface area (Å²) >= 11 is 1.26. The van der Waals surface area contributed by atoms with Crippen molar-refractivity contribution in [2.75, 3.05) is 12.4 Å². The Morgan fingerprint density at radius 3 is 2.71 bits per heavy atom. The van der Waals surface area contributed by atoms with Gasteiger partial charge in [0.15, 0.2) is 0 Å². The topological polar surface area (TPSA) is 77.2 Å². The zero-order valence-electron chi connectivity index (χ0n) is 15.7. The van der Waals surface area contributed by atoms with Gasteiger partial charge < -0.3 is 14.5 Å². The molecule has 3 aromatic rings. The highest BCUT2D eigenvalue weighted by Gasteiger charge is 2.31. The second-order valence-electron chi connectivity index (χ2n) is 6.78. The fourth-order valence-electron chi connectivity index (χ4n) is 2.88. The number of hydrogen-bond acceptors (Lipinski definition) is 6. The fraction of sp³-hybridized carbons (Fsp3) is 0.286. The van der Waals surface area contributed by atoms with Crippen LogP contribution in [0.5, 0.6) is 5.75 Å². The van der Waals surface area contributed by atoms with Gasteiger partial charge in [-0.05, 0) is 54.8 Å². The van der Waals surface area contributed by atoms with Gasteiger partial charge in [-0.1, -0.05) is 36.4 Å². The van der Waals surface area contributed by atoms with Crippen LogP contribution in [-0.2, 0) is 4.79 Å². The molecule has 7 heteroatoms. The zero-order valence-corrected chi connectivity index (χ0v) is 16.5. The quantitative estimate of drug-likeness (QED) is 0.583. The Morgan fingerprint density at radius 1 is 1.21 bits per heavy atom. The van der Waals surface area contributed by atoms with Gasteiger partial charge in [0.05, 0.1) is 12.8 Å². The summed E-state index contributed by atoms with van der Waals surface area (Å²) in [5, 5.41) is 11.1. The number of aryl methyl sites for hydroxylation is 1. The average Bonchev–Trinajstić information content (AvgIpc) is 3.45. The molecule has 0 spiro atoms. The van der Waals surface area contributed by atoms with Gasteiger partial charge in [-0.25, -0.2) is 0 Å². The predicted molar refractivity (Wildman–Crippen MR) is 108 cm³/mol. The molecule has 0 saturated heterocycles. The summed E-state index contributed by atoms with van der Waals surface area (Å²) in [7, 11) is 1.58. The number of benzene rings is 2. The number of carbonyl (C=O) groups excluding carboxylic acids is 1. The van der Waals surface area contributed by atoms with Crippen LogP contribution in [0.3, 0.4) is 0 Å². The number of thioether (sulfide) groups is 1. The second-order valence-corrected chi connectivity index (χ2v) is 7.84. The number of hydrogen-bond donors (Lipinski definition) is 1. The maximum Gasteiger partial charge on any atom is 0.277 e. The highest BCUT2D eigenvalue weighted by atomic mass is 32.2. The number of amides is 1. The zero-order chi connectivity index (χ0) is 19.5. The van der Waals surface area contributed by atoms with Crippen molar-refractivity contribution in [1.29, 1.82) is 0 Å². The van der Waals surface area contributed by atoms with Gasteiger partial charge in [0.2, 0.25) is 11.8 Å². The maximum absolute atomic E-state index is 13.2. The minimum Gasteiger partial charge on any atom is -0.495 e. The number of ether oxygens (including phenoxy) is 1. The van der Waals surface area contributed by atoms with Crippen molar-refractivity contribution >= 4 is 23.4 Å². The number of nitrogens with zero attached hydrogens (tertiary/aromatic N) is 2. The summed E-state index contributed by atoms with van der Waals surface area (Å²) in [5.74, 6) is 1.48. The molecule has 0 radical (unpaired) electrons. The largest absolute Gasteiger partial charge is 0.495 e. The van der Waals surface area contributed by atoms with Crippen molar-refractivity contribution in [3.05, 3.63) is 65.5 Å². The summed E-state index contributed by atoms with van der Waals surface area (Å²) in [6, 6.07) is 15.3. The Labute approximate surface area is 167 Å². The predicted octanol–water partition coefficient (Wildman–Crippen LogP) is 4.74. The number of rotatable bonds is 7. The number of aromatic nitrogens is 2. The molecular weight excluding hydrogens is 374 g/mol. The molecular formula is C21H21N3O3S. The molecule has 1 fully saturated rings. The van der Waals surface area contributed by atoms with Crippen molar-refractivity contribution in [2.24, 2.45) is 0 Å². The van der Waals surface area contributed by atoms with E-state index in [2.05, 4.69) is 15.5 Å². The molecule has 6 nitrogen and oxygen atoms in total. The highest BCUT2D eigenvalue weighted by Crippen LogP contribution is 2.42. The van der Waals surface area contributed by atoms with E-state index in [-0.39, 0.29) is 5.91 Å². The lowest BCUT2D eigenvalue weighted by Crippen LogP contribution is -2.19. The van der Waals surface area contributed by atoms with Crippen LogP contribution in [-0.4, -0.2) is 23.2 Å². The smallest absolute Gasteiger partial charge is 0.277 e. The number of anilines is 1. The molecule has 1 amide bonds. The van der Waals surface area contributed by atoms with Gasteiger partial charge >= 0.3 is 0 Å². The molecule has 1 aliphatic carbocycles. The molecule has 1 saturated carbocycles. The van der Waals surface area contributed by atoms with Gasteiger partial charge in [0.1, 0.15) is 11.0 Å². The Kier molecular flexibility index (Phi) is 5.34. The summed E-state index contributed by atoms with van der Waals surface area (Å²) in [6.07, 6.45) is 2.17. The molecule has 0 aliphatic heterocycles. The molecule has 2 aromatic carbocycles. The molecule has 1 atom stereocenters. The van der Waals surface area contributed by atoms with Crippen molar-refractivity contribution in [3.8, 4) is 5.75 Å². The molecule has 4 rings (SSSR count). The van der Waals surface area contributed by atoms with Crippen molar-refractivity contribution in [3.63, 3.8) is 0 Å². The first-order valence-corrected chi connectivity index (χ1v) is 10.0. The van der Waals surface area contributed by atoms with Gasteiger partial charge in [-0.15, -0.1) is 10.2 Å². The van der Waals surface area contributed by atoms with E-state index in [1.807, 2.05) is 55.5 Å². The van der Waals surface area contributed by atoms with Crippen LogP contribution in [0.2, 0.25) is 0 Å². The van der Waals surface area contributed by atoms with Crippen molar-refractivity contribution < 1.29 is 13.9 Å². The first-order valence-electron chi connectivity index (χ1n) is 9.14. The first-order chi connectivity index (χ1) is 13.6. The summed E-state index contributed by atoms with van der Waals surface area (Å²) in [6.45, 7) is 1.97. The lowest BCUT2D eigenvalue weighted by Gasteiger charge is -2.17. The third kappa shape index (κ3) is 4.20. The van der Waals surface area contributed by atoms with Crippen LogP contribution in [0, 0.1) is 6.92 Å². The normalized spacial score (nSPS) is 14.5. The van der Waals surface area contributed by atoms with Crippen molar-refractivity contribution in [1.82, 2.24) is 10.2 Å². The summed E-state index contributed by atoms with van der Waals surface area (Å²) < 4.78 is 11.1. The van der Waals surface area contributed by atoms with Crippen LogP contribution in [0.15, 0.2) is 58.2 Å².